The number of nitrogens with two attached hydrogens (primary N) is 1. The molecule has 3 N–H and O–H groups in total. The van der Waals surface area contributed by atoms with Crippen molar-refractivity contribution in [1.82, 2.24) is 0 Å². The molecule has 1 atom stereocenters. The van der Waals surface area contributed by atoms with Gasteiger partial charge in [0, 0.05) is 5.69 Å². The highest BCUT2D eigenvalue weighted by molar-refractivity contribution is 7.98. The highest BCUT2D eigenvalue weighted by Gasteiger charge is 2.13. The average molecular weight is 359 g/mol. The maximum Gasteiger partial charge on any atom is 0.241 e. The predicted octanol–water partition coefficient (Wildman–Crippen LogP) is 3.46. The zero-order valence-corrected chi connectivity index (χ0v) is 15.4. The van der Waals surface area contributed by atoms with E-state index in [0.29, 0.717) is 19.6 Å². The summed E-state index contributed by atoms with van der Waals surface area (Å²) in [6.45, 7) is 1.19. The Morgan fingerprint density at radius 1 is 1.16 bits per heavy atom. The Labute approximate surface area is 154 Å². The zero-order chi connectivity index (χ0) is 17.9. The molecule has 1 amide bonds. The number of ether oxygens (including phenoxy) is 1. The summed E-state index contributed by atoms with van der Waals surface area (Å²) in [5.74, 6) is 0.736. The van der Waals surface area contributed by atoms with Crippen LogP contribution in [0.15, 0.2) is 54.6 Å². The van der Waals surface area contributed by atoms with E-state index in [1.807, 2.05) is 48.7 Å². The van der Waals surface area contributed by atoms with Gasteiger partial charge in [0.05, 0.1) is 19.3 Å². The van der Waals surface area contributed by atoms with Crippen LogP contribution in [0.25, 0.3) is 0 Å². The molecule has 4 nitrogen and oxygen atoms in total. The van der Waals surface area contributed by atoms with E-state index < -0.39 is 6.04 Å². The third-order valence-electron chi connectivity index (χ3n) is 3.81. The summed E-state index contributed by atoms with van der Waals surface area (Å²) in [7, 11) is 0. The van der Waals surface area contributed by atoms with E-state index in [1.54, 1.807) is 11.8 Å². The van der Waals surface area contributed by atoms with Gasteiger partial charge in [-0.05, 0) is 48.1 Å². The quantitative estimate of drug-likeness (QED) is 0.639. The molecular formula is C20H26N2O2S. The molecule has 2 aromatic carbocycles. The lowest BCUT2D eigenvalue weighted by Crippen LogP contribution is -2.36. The highest BCUT2D eigenvalue weighted by atomic mass is 32.2. The Morgan fingerprint density at radius 2 is 1.92 bits per heavy atom. The lowest BCUT2D eigenvalue weighted by atomic mass is 10.1. The summed E-state index contributed by atoms with van der Waals surface area (Å²) in [5.41, 5.74) is 8.95. The molecule has 0 bridgehead atoms. The van der Waals surface area contributed by atoms with Crippen molar-refractivity contribution in [2.75, 3.05) is 23.9 Å². The molecule has 0 radical (unpaired) electrons. The van der Waals surface area contributed by atoms with E-state index >= 15 is 0 Å². The first-order valence-corrected chi connectivity index (χ1v) is 9.84. The van der Waals surface area contributed by atoms with Crippen LogP contribution >= 0.6 is 11.8 Å². The molecule has 0 heterocycles. The van der Waals surface area contributed by atoms with Crippen molar-refractivity contribution < 1.29 is 9.53 Å². The SMILES string of the molecule is CSCC[C@H](N)C(=O)Nc1cccc(COCCc2ccccc2)c1. The molecule has 0 fully saturated rings. The van der Waals surface area contributed by atoms with Crippen molar-refractivity contribution in [2.45, 2.75) is 25.5 Å². The van der Waals surface area contributed by atoms with Gasteiger partial charge in [-0.2, -0.15) is 11.8 Å². The molecule has 2 rings (SSSR count). The molecule has 0 saturated carbocycles. The number of carbonyl (C=O) groups is 1. The van der Waals surface area contributed by atoms with Crippen LogP contribution in [0.2, 0.25) is 0 Å². The monoisotopic (exact) mass is 358 g/mol. The van der Waals surface area contributed by atoms with Crippen LogP contribution in [0.3, 0.4) is 0 Å². The van der Waals surface area contributed by atoms with Crippen LogP contribution in [0, 0.1) is 0 Å². The predicted molar refractivity (Wildman–Crippen MR) is 106 cm³/mol. The second-order valence-corrected chi connectivity index (χ2v) is 6.85. The number of nitrogens with one attached hydrogen (secondary N) is 1. The third-order valence-corrected chi connectivity index (χ3v) is 4.45. The molecule has 0 spiro atoms. The fourth-order valence-electron chi connectivity index (χ4n) is 2.37. The van der Waals surface area contributed by atoms with Crippen molar-refractivity contribution >= 4 is 23.4 Å². The van der Waals surface area contributed by atoms with Gasteiger partial charge in [0.15, 0.2) is 0 Å². The molecule has 0 aliphatic carbocycles. The van der Waals surface area contributed by atoms with E-state index in [-0.39, 0.29) is 5.91 Å². The normalized spacial score (nSPS) is 11.9. The van der Waals surface area contributed by atoms with Gasteiger partial charge >= 0.3 is 0 Å². The fraction of sp³-hybridized carbons (Fsp3) is 0.350. The van der Waals surface area contributed by atoms with E-state index in [4.69, 9.17) is 10.5 Å². The van der Waals surface area contributed by atoms with E-state index in [0.717, 1.165) is 23.4 Å². The molecule has 25 heavy (non-hydrogen) atoms. The zero-order valence-electron chi connectivity index (χ0n) is 14.6. The first kappa shape index (κ1) is 19.5. The van der Waals surface area contributed by atoms with E-state index in [1.165, 1.54) is 5.56 Å². The van der Waals surface area contributed by atoms with Crippen molar-refractivity contribution in [1.29, 1.82) is 0 Å². The Morgan fingerprint density at radius 3 is 2.68 bits per heavy atom. The van der Waals surface area contributed by atoms with Crippen LogP contribution in [0.1, 0.15) is 17.5 Å². The lowest BCUT2D eigenvalue weighted by Gasteiger charge is -2.12. The van der Waals surface area contributed by atoms with Crippen molar-refractivity contribution in [2.24, 2.45) is 5.73 Å². The number of hydrogen-bond acceptors (Lipinski definition) is 4. The largest absolute Gasteiger partial charge is 0.376 e. The van der Waals surface area contributed by atoms with Crippen molar-refractivity contribution in [3.05, 3.63) is 65.7 Å². The standard InChI is InChI=1S/C20H26N2O2S/c1-25-13-11-19(21)20(23)22-18-9-5-8-17(14-18)15-24-12-10-16-6-3-2-4-7-16/h2-9,14,19H,10-13,15,21H2,1H3,(H,22,23)/t19-/m0/s1. The summed E-state index contributed by atoms with van der Waals surface area (Å²) < 4.78 is 5.74. The van der Waals surface area contributed by atoms with Crippen molar-refractivity contribution in [3.63, 3.8) is 0 Å². The van der Waals surface area contributed by atoms with Gasteiger partial charge in [-0.25, -0.2) is 0 Å². The molecule has 5 heteroatoms. The molecule has 0 aliphatic heterocycles. The minimum Gasteiger partial charge on any atom is -0.376 e. The van der Waals surface area contributed by atoms with Gasteiger partial charge in [-0.15, -0.1) is 0 Å². The minimum absolute atomic E-state index is 0.142. The van der Waals surface area contributed by atoms with Gasteiger partial charge < -0.3 is 15.8 Å². The van der Waals surface area contributed by atoms with Gasteiger partial charge in [-0.3, -0.25) is 4.79 Å². The second-order valence-electron chi connectivity index (χ2n) is 5.87. The maximum atomic E-state index is 12.1. The summed E-state index contributed by atoms with van der Waals surface area (Å²) in [4.78, 5) is 12.1. The summed E-state index contributed by atoms with van der Waals surface area (Å²) in [5, 5.41) is 2.88. The van der Waals surface area contributed by atoms with Crippen LogP contribution < -0.4 is 11.1 Å². The number of hydrogen-bond donors (Lipinski definition) is 2. The fourth-order valence-corrected chi connectivity index (χ4v) is 2.86. The lowest BCUT2D eigenvalue weighted by molar-refractivity contribution is -0.117. The number of benzene rings is 2. The molecule has 0 saturated heterocycles. The minimum atomic E-state index is -0.474. The average Bonchev–Trinajstić information content (AvgIpc) is 2.64. The summed E-state index contributed by atoms with van der Waals surface area (Å²) >= 11 is 1.69. The molecule has 134 valence electrons. The molecule has 0 aliphatic rings. The molecular weight excluding hydrogens is 332 g/mol. The number of thioether (sulfide) groups is 1. The highest BCUT2D eigenvalue weighted by Crippen LogP contribution is 2.13. The number of anilines is 1. The number of carbonyl (C=O) groups excluding carboxylic acids is 1. The van der Waals surface area contributed by atoms with Crippen LogP contribution in [0.4, 0.5) is 5.69 Å². The van der Waals surface area contributed by atoms with E-state index in [9.17, 15) is 4.79 Å². The smallest absolute Gasteiger partial charge is 0.241 e. The molecule has 0 unspecified atom stereocenters. The topological polar surface area (TPSA) is 64.4 Å². The van der Waals surface area contributed by atoms with Gasteiger partial charge in [0.1, 0.15) is 0 Å². The number of amides is 1. The van der Waals surface area contributed by atoms with Crippen molar-refractivity contribution in [3.8, 4) is 0 Å². The molecule has 2 aromatic rings. The Kier molecular flexibility index (Phi) is 8.52. The third kappa shape index (κ3) is 7.30. The summed E-state index contributed by atoms with van der Waals surface area (Å²) in [6, 6.07) is 17.5. The maximum absolute atomic E-state index is 12.1. The first-order chi connectivity index (χ1) is 12.2. The Balaban J connectivity index is 1.77. The number of rotatable bonds is 10. The van der Waals surface area contributed by atoms with Crippen LogP contribution in [-0.4, -0.2) is 30.6 Å². The van der Waals surface area contributed by atoms with Crippen LogP contribution in [-0.2, 0) is 22.6 Å². The van der Waals surface area contributed by atoms with Gasteiger partial charge in [-0.1, -0.05) is 42.5 Å². The van der Waals surface area contributed by atoms with Gasteiger partial charge in [0.25, 0.3) is 0 Å². The van der Waals surface area contributed by atoms with Gasteiger partial charge in [0.2, 0.25) is 5.91 Å². The Bertz CT molecular complexity index is 649. The van der Waals surface area contributed by atoms with Crippen LogP contribution in [0.5, 0.6) is 0 Å². The summed E-state index contributed by atoms with van der Waals surface area (Å²) in [6.07, 6.45) is 3.57. The van der Waals surface area contributed by atoms with E-state index in [2.05, 4.69) is 17.4 Å². The second kappa shape index (κ2) is 10.9. The Hall–Kier alpha value is -1.82. The first-order valence-electron chi connectivity index (χ1n) is 8.45. The molecule has 0 aromatic heterocycles.